The van der Waals surface area contributed by atoms with E-state index in [2.05, 4.69) is 4.90 Å². The summed E-state index contributed by atoms with van der Waals surface area (Å²) < 4.78 is 31.4. The zero-order valence-corrected chi connectivity index (χ0v) is 14.9. The maximum atomic E-state index is 15.3. The van der Waals surface area contributed by atoms with Crippen molar-refractivity contribution >= 4 is 22.6 Å². The van der Waals surface area contributed by atoms with Gasteiger partial charge >= 0.3 is 5.97 Å². The lowest BCUT2D eigenvalue weighted by atomic mass is 10.1. The Kier molecular flexibility index (Phi) is 4.70. The van der Waals surface area contributed by atoms with E-state index in [1.54, 1.807) is 11.8 Å². The fraction of sp³-hybridized carbons (Fsp3) is 0.444. The van der Waals surface area contributed by atoms with Crippen molar-refractivity contribution in [2.75, 3.05) is 31.6 Å². The molecule has 6 nitrogen and oxygen atoms in total. The molecule has 0 aliphatic carbocycles. The highest BCUT2D eigenvalue weighted by Crippen LogP contribution is 2.31. The molecule has 0 amide bonds. The van der Waals surface area contributed by atoms with Gasteiger partial charge in [-0.15, -0.1) is 0 Å². The molecule has 2 heterocycles. The molecule has 0 spiro atoms. The van der Waals surface area contributed by atoms with E-state index in [1.807, 2.05) is 14.0 Å². The van der Waals surface area contributed by atoms with Crippen molar-refractivity contribution in [3.05, 3.63) is 39.7 Å². The molecule has 1 N–H and O–H groups in total. The van der Waals surface area contributed by atoms with E-state index in [4.69, 9.17) is 0 Å². The SMILES string of the molecule is CCn1cc(C(=O)O)c(=O)c2cc(F)c(N3CCN(C)C(C)C3)c(F)c21. The van der Waals surface area contributed by atoms with Crippen LogP contribution in [0, 0.1) is 11.6 Å². The lowest BCUT2D eigenvalue weighted by Gasteiger charge is -2.39. The maximum Gasteiger partial charge on any atom is 0.341 e. The molecule has 1 aliphatic heterocycles. The molecule has 1 aromatic carbocycles. The third-order valence-corrected chi connectivity index (χ3v) is 5.08. The lowest BCUT2D eigenvalue weighted by molar-refractivity contribution is 0.0695. The molecule has 1 aromatic heterocycles. The van der Waals surface area contributed by atoms with Crippen LogP contribution in [0.3, 0.4) is 0 Å². The number of fused-ring (bicyclic) bond motifs is 1. The monoisotopic (exact) mass is 365 g/mol. The Labute approximate surface area is 149 Å². The van der Waals surface area contributed by atoms with Gasteiger partial charge in [-0.2, -0.15) is 0 Å². The van der Waals surface area contributed by atoms with Gasteiger partial charge in [0.25, 0.3) is 0 Å². The van der Waals surface area contributed by atoms with Crippen LogP contribution in [0.2, 0.25) is 0 Å². The molecule has 0 saturated carbocycles. The number of aromatic carboxylic acids is 1. The van der Waals surface area contributed by atoms with Crippen molar-refractivity contribution in [1.29, 1.82) is 0 Å². The molecule has 1 aliphatic rings. The quantitative estimate of drug-likeness (QED) is 0.903. The lowest BCUT2D eigenvalue weighted by Crippen LogP contribution is -2.50. The van der Waals surface area contributed by atoms with Crippen LogP contribution in [-0.4, -0.2) is 53.3 Å². The van der Waals surface area contributed by atoms with Gasteiger partial charge in [0.2, 0.25) is 5.43 Å². The average molecular weight is 365 g/mol. The molecule has 2 aromatic rings. The number of likely N-dealkylation sites (N-methyl/N-ethyl adjacent to an activating group) is 1. The molecule has 8 heteroatoms. The van der Waals surface area contributed by atoms with Crippen LogP contribution in [0.1, 0.15) is 24.2 Å². The van der Waals surface area contributed by atoms with Gasteiger partial charge in [0.1, 0.15) is 17.1 Å². The number of anilines is 1. The van der Waals surface area contributed by atoms with E-state index in [0.29, 0.717) is 19.6 Å². The Bertz CT molecular complexity index is 942. The number of benzene rings is 1. The minimum absolute atomic E-state index is 0.0644. The highest BCUT2D eigenvalue weighted by atomic mass is 19.1. The summed E-state index contributed by atoms with van der Waals surface area (Å²) in [5.41, 5.74) is -1.61. The molecule has 1 unspecified atom stereocenters. The number of pyridine rings is 1. The number of nitrogens with zero attached hydrogens (tertiary/aromatic N) is 3. The Balaban J connectivity index is 2.27. The van der Waals surface area contributed by atoms with Gasteiger partial charge in [-0.25, -0.2) is 13.6 Å². The molecular formula is C18H21F2N3O3. The van der Waals surface area contributed by atoms with Crippen LogP contribution >= 0.6 is 0 Å². The number of carbonyl (C=O) groups is 1. The summed E-state index contributed by atoms with van der Waals surface area (Å²) in [5.74, 6) is -3.10. The first-order valence-corrected chi connectivity index (χ1v) is 8.49. The molecule has 140 valence electrons. The Hall–Kier alpha value is -2.48. The molecule has 1 atom stereocenters. The summed E-state index contributed by atoms with van der Waals surface area (Å²) in [7, 11) is 1.96. The second kappa shape index (κ2) is 6.68. The standard InChI is InChI=1S/C18H21F2N3O3/c1-4-22-9-12(18(25)26)17(24)11-7-13(19)16(14(20)15(11)22)23-6-5-21(3)10(2)8-23/h7,9-10H,4-6,8H2,1-3H3,(H,25,26). The van der Waals surface area contributed by atoms with Crippen LogP contribution in [0.5, 0.6) is 0 Å². The van der Waals surface area contributed by atoms with E-state index < -0.39 is 28.6 Å². The number of aryl methyl sites for hydroxylation is 1. The zero-order valence-electron chi connectivity index (χ0n) is 14.9. The third-order valence-electron chi connectivity index (χ3n) is 5.08. The van der Waals surface area contributed by atoms with E-state index >= 15 is 4.39 Å². The van der Waals surface area contributed by atoms with Crippen molar-refractivity contribution in [2.45, 2.75) is 26.4 Å². The summed E-state index contributed by atoms with van der Waals surface area (Å²) >= 11 is 0. The van der Waals surface area contributed by atoms with Crippen molar-refractivity contribution in [1.82, 2.24) is 9.47 Å². The number of piperazine rings is 1. The molecule has 1 fully saturated rings. The van der Waals surface area contributed by atoms with Crippen molar-refractivity contribution in [3.63, 3.8) is 0 Å². The van der Waals surface area contributed by atoms with Gasteiger partial charge in [0.15, 0.2) is 5.82 Å². The minimum Gasteiger partial charge on any atom is -0.477 e. The molecule has 3 rings (SSSR count). The molecule has 0 bridgehead atoms. The van der Waals surface area contributed by atoms with Gasteiger partial charge < -0.3 is 19.5 Å². The Morgan fingerprint density at radius 2 is 2.04 bits per heavy atom. The normalized spacial score (nSPS) is 18.5. The maximum absolute atomic E-state index is 15.3. The summed E-state index contributed by atoms with van der Waals surface area (Å²) in [6.07, 6.45) is 1.12. The number of carboxylic acid groups (broad SMARTS) is 1. The van der Waals surface area contributed by atoms with Crippen molar-refractivity contribution in [2.24, 2.45) is 0 Å². The van der Waals surface area contributed by atoms with Crippen LogP contribution in [0.15, 0.2) is 17.1 Å². The van der Waals surface area contributed by atoms with E-state index in [9.17, 15) is 19.1 Å². The third kappa shape index (κ3) is 2.84. The van der Waals surface area contributed by atoms with Gasteiger partial charge in [0.05, 0.1) is 10.9 Å². The average Bonchev–Trinajstić information content (AvgIpc) is 2.58. The summed E-state index contributed by atoms with van der Waals surface area (Å²) in [6.45, 7) is 5.51. The predicted octanol–water partition coefficient (Wildman–Crippen LogP) is 2.14. The first kappa shape index (κ1) is 18.3. The number of carboxylic acids is 1. The van der Waals surface area contributed by atoms with Crippen LogP contribution in [0.4, 0.5) is 14.5 Å². The second-order valence-corrected chi connectivity index (χ2v) is 6.66. The molecular weight excluding hydrogens is 344 g/mol. The van der Waals surface area contributed by atoms with Gasteiger partial charge in [-0.3, -0.25) is 4.79 Å². The Morgan fingerprint density at radius 3 is 2.62 bits per heavy atom. The Morgan fingerprint density at radius 1 is 1.35 bits per heavy atom. The molecule has 1 saturated heterocycles. The van der Waals surface area contributed by atoms with E-state index in [1.165, 1.54) is 4.57 Å². The smallest absolute Gasteiger partial charge is 0.341 e. The minimum atomic E-state index is -1.42. The highest BCUT2D eigenvalue weighted by molar-refractivity contribution is 5.93. The van der Waals surface area contributed by atoms with E-state index in [0.717, 1.165) is 12.3 Å². The van der Waals surface area contributed by atoms with Gasteiger partial charge in [0, 0.05) is 38.4 Å². The second-order valence-electron chi connectivity index (χ2n) is 6.66. The topological polar surface area (TPSA) is 65.8 Å². The van der Waals surface area contributed by atoms with E-state index in [-0.39, 0.29) is 29.2 Å². The summed E-state index contributed by atoms with van der Waals surface area (Å²) in [6, 6.07) is 1.08. The number of aromatic nitrogens is 1. The molecule has 26 heavy (non-hydrogen) atoms. The fourth-order valence-corrected chi connectivity index (χ4v) is 3.42. The number of halogens is 2. The number of rotatable bonds is 3. The number of hydrogen-bond acceptors (Lipinski definition) is 4. The summed E-state index contributed by atoms with van der Waals surface area (Å²) in [5, 5.41) is 8.93. The highest BCUT2D eigenvalue weighted by Gasteiger charge is 2.28. The van der Waals surface area contributed by atoms with Crippen LogP contribution in [0.25, 0.3) is 10.9 Å². The first-order chi connectivity index (χ1) is 12.3. The summed E-state index contributed by atoms with van der Waals surface area (Å²) in [4.78, 5) is 27.4. The van der Waals surface area contributed by atoms with Crippen molar-refractivity contribution < 1.29 is 18.7 Å². The zero-order chi connectivity index (χ0) is 19.2. The van der Waals surface area contributed by atoms with Gasteiger partial charge in [-0.1, -0.05) is 0 Å². The first-order valence-electron chi connectivity index (χ1n) is 8.49. The largest absolute Gasteiger partial charge is 0.477 e. The number of hydrogen-bond donors (Lipinski definition) is 1. The predicted molar refractivity (Wildman–Crippen MR) is 95.1 cm³/mol. The fourth-order valence-electron chi connectivity index (χ4n) is 3.42. The van der Waals surface area contributed by atoms with Crippen LogP contribution < -0.4 is 10.3 Å². The molecule has 0 radical (unpaired) electrons. The van der Waals surface area contributed by atoms with Crippen molar-refractivity contribution in [3.8, 4) is 0 Å². The van der Waals surface area contributed by atoms with Crippen LogP contribution in [-0.2, 0) is 6.54 Å². The van der Waals surface area contributed by atoms with Gasteiger partial charge in [-0.05, 0) is 27.0 Å².